The fourth-order valence-electron chi connectivity index (χ4n) is 1.35. The van der Waals surface area contributed by atoms with Gasteiger partial charge in [0.05, 0.1) is 17.6 Å². The Bertz CT molecular complexity index is 386. The van der Waals surface area contributed by atoms with Gasteiger partial charge in [-0.3, -0.25) is 0 Å². The van der Waals surface area contributed by atoms with Crippen LogP contribution in [0.4, 0.5) is 0 Å². The van der Waals surface area contributed by atoms with Crippen LogP contribution < -0.4 is 9.61 Å². The van der Waals surface area contributed by atoms with Gasteiger partial charge >= 0.3 is 8.80 Å². The van der Waals surface area contributed by atoms with Crippen molar-refractivity contribution in [3.05, 3.63) is 16.6 Å². The zero-order valence-electron chi connectivity index (χ0n) is 10.4. The quantitative estimate of drug-likeness (QED) is 0.866. The number of halogens is 1. The molecule has 0 aromatic heterocycles. The van der Waals surface area contributed by atoms with E-state index in [9.17, 15) is 5.11 Å². The number of hydrogen-bond acceptors (Lipinski definition) is 2. The molecule has 1 aromatic carbocycles. The van der Waals surface area contributed by atoms with E-state index in [2.05, 4.69) is 48.7 Å². The summed E-state index contributed by atoms with van der Waals surface area (Å²) in [7, 11) is -2.24. The zero-order chi connectivity index (χ0) is 12.5. The van der Waals surface area contributed by atoms with Crippen LogP contribution in [0.2, 0.25) is 32.7 Å². The summed E-state index contributed by atoms with van der Waals surface area (Å²) in [6.07, 6.45) is 0. The van der Waals surface area contributed by atoms with Crippen LogP contribution in [0, 0.1) is 0 Å². The van der Waals surface area contributed by atoms with Gasteiger partial charge in [-0.2, -0.15) is 0 Å². The first kappa shape index (κ1) is 13.8. The van der Waals surface area contributed by atoms with E-state index in [1.54, 1.807) is 0 Å². The normalized spacial score (nSPS) is 11.4. The second-order valence-corrected chi connectivity index (χ2v) is 12.8. The smallest absolute Gasteiger partial charge is 0.349 e. The molecule has 1 rings (SSSR count). The monoisotopic (exact) mass is 317 g/mol. The van der Waals surface area contributed by atoms with Crippen LogP contribution in [0.3, 0.4) is 0 Å². The fraction of sp³-hybridized carbons (Fsp3) is 0.455. The third kappa shape index (κ3) is 3.64. The molecule has 0 heterocycles. The molecule has 0 aliphatic heterocycles. The Kier molecular flexibility index (Phi) is 4.25. The van der Waals surface area contributed by atoms with E-state index >= 15 is 0 Å². The molecule has 0 bridgehead atoms. The van der Waals surface area contributed by atoms with Crippen molar-refractivity contribution in [1.29, 1.82) is 0 Å². The lowest BCUT2D eigenvalue weighted by Gasteiger charge is -2.20. The van der Waals surface area contributed by atoms with Gasteiger partial charge in [-0.15, -0.1) is 0 Å². The molecular formula is C11H18BrO2Si2+. The molecule has 0 unspecified atom stereocenters. The van der Waals surface area contributed by atoms with Crippen molar-refractivity contribution in [1.82, 2.24) is 0 Å². The van der Waals surface area contributed by atoms with Crippen molar-refractivity contribution in [2.75, 3.05) is 0 Å². The maximum Gasteiger partial charge on any atom is 0.349 e. The van der Waals surface area contributed by atoms with E-state index in [4.69, 9.17) is 4.43 Å². The average molecular weight is 318 g/mol. The van der Waals surface area contributed by atoms with Crippen molar-refractivity contribution in [3.63, 3.8) is 0 Å². The van der Waals surface area contributed by atoms with Gasteiger partial charge in [0.15, 0.2) is 0 Å². The van der Waals surface area contributed by atoms with Crippen LogP contribution >= 0.6 is 15.9 Å². The van der Waals surface area contributed by atoms with E-state index in [-0.39, 0.29) is 0 Å². The lowest BCUT2D eigenvalue weighted by atomic mass is 10.3. The highest BCUT2D eigenvalue weighted by Gasteiger charge is 2.27. The number of rotatable bonds is 3. The van der Waals surface area contributed by atoms with Crippen molar-refractivity contribution < 1.29 is 9.53 Å². The lowest BCUT2D eigenvalue weighted by Crippen LogP contribution is -2.34. The van der Waals surface area contributed by atoms with Gasteiger partial charge in [-0.25, -0.2) is 0 Å². The molecule has 0 aliphatic rings. The molecule has 2 nitrogen and oxygen atoms in total. The summed E-state index contributed by atoms with van der Waals surface area (Å²) in [6, 6.07) is 3.72. The number of phenols is 1. The largest absolute Gasteiger partial charge is 0.542 e. The van der Waals surface area contributed by atoms with E-state index < -0.39 is 17.1 Å². The maximum absolute atomic E-state index is 9.70. The highest BCUT2D eigenvalue weighted by atomic mass is 79.9. The van der Waals surface area contributed by atoms with Crippen LogP contribution in [0.25, 0.3) is 0 Å². The minimum Gasteiger partial charge on any atom is -0.542 e. The molecule has 0 fully saturated rings. The number of hydrogen-bond donors (Lipinski definition) is 1. The van der Waals surface area contributed by atoms with Gasteiger partial charge in [-0.1, -0.05) is 0 Å². The fourth-order valence-corrected chi connectivity index (χ4v) is 3.64. The van der Waals surface area contributed by atoms with E-state index in [1.165, 1.54) is 0 Å². The minimum atomic E-state index is -1.60. The second kappa shape index (κ2) is 4.93. The van der Waals surface area contributed by atoms with Crippen LogP contribution in [0.15, 0.2) is 16.6 Å². The SMILES string of the molecule is C[Si+](C)c1cc(O)c(Br)cc1O[Si](C)(C)C. The molecule has 0 saturated carbocycles. The summed E-state index contributed by atoms with van der Waals surface area (Å²) in [5.41, 5.74) is 0. The van der Waals surface area contributed by atoms with Crippen LogP contribution in [-0.4, -0.2) is 22.2 Å². The molecule has 0 saturated heterocycles. The molecule has 0 amide bonds. The summed E-state index contributed by atoms with van der Waals surface area (Å²) in [5, 5.41) is 10.9. The first-order valence-corrected chi connectivity index (χ1v) is 11.9. The van der Waals surface area contributed by atoms with Gasteiger partial charge in [0.1, 0.15) is 16.7 Å². The lowest BCUT2D eigenvalue weighted by molar-refractivity contribution is 0.470. The summed E-state index contributed by atoms with van der Waals surface area (Å²) < 4.78 is 6.75. The molecule has 1 N–H and O–H groups in total. The predicted molar refractivity (Wildman–Crippen MR) is 76.9 cm³/mol. The topological polar surface area (TPSA) is 29.5 Å². The average Bonchev–Trinajstić information content (AvgIpc) is 2.07. The Hall–Kier alpha value is -0.266. The molecule has 1 aromatic rings. The van der Waals surface area contributed by atoms with Crippen molar-refractivity contribution in [3.8, 4) is 11.5 Å². The Morgan fingerprint density at radius 1 is 1.25 bits per heavy atom. The molecule has 0 spiro atoms. The van der Waals surface area contributed by atoms with E-state index in [1.807, 2.05) is 12.1 Å². The number of phenolic OH excluding ortho intramolecular Hbond substituents is 1. The maximum atomic E-state index is 9.70. The summed E-state index contributed by atoms with van der Waals surface area (Å²) in [5.74, 6) is 1.23. The van der Waals surface area contributed by atoms with Gasteiger partial charge < -0.3 is 9.53 Å². The molecule has 0 atom stereocenters. The first-order valence-electron chi connectivity index (χ1n) is 5.23. The summed E-state index contributed by atoms with van der Waals surface area (Å²) in [6.45, 7) is 10.9. The van der Waals surface area contributed by atoms with Crippen LogP contribution in [-0.2, 0) is 0 Å². The van der Waals surface area contributed by atoms with Gasteiger partial charge in [0.2, 0.25) is 8.32 Å². The van der Waals surface area contributed by atoms with Gasteiger partial charge in [-0.05, 0) is 41.6 Å². The summed E-state index contributed by atoms with van der Waals surface area (Å²) >= 11 is 3.33. The van der Waals surface area contributed by atoms with Crippen molar-refractivity contribution in [2.24, 2.45) is 0 Å². The van der Waals surface area contributed by atoms with Crippen LogP contribution in [0.5, 0.6) is 11.5 Å². The molecule has 5 heteroatoms. The Labute approximate surface area is 109 Å². The minimum absolute atomic E-state index is 0.295. The van der Waals surface area contributed by atoms with Gasteiger partial charge in [0.25, 0.3) is 0 Å². The number of benzene rings is 1. The Morgan fingerprint density at radius 2 is 1.81 bits per heavy atom. The molecular weight excluding hydrogens is 300 g/mol. The molecule has 0 radical (unpaired) electrons. The third-order valence-corrected chi connectivity index (χ3v) is 4.94. The van der Waals surface area contributed by atoms with Crippen molar-refractivity contribution in [2.45, 2.75) is 32.7 Å². The second-order valence-electron chi connectivity index (χ2n) is 5.01. The Balaban J connectivity index is 3.20. The van der Waals surface area contributed by atoms with Crippen LogP contribution in [0.1, 0.15) is 0 Å². The highest BCUT2D eigenvalue weighted by Crippen LogP contribution is 2.28. The number of aromatic hydroxyl groups is 1. The predicted octanol–water partition coefficient (Wildman–Crippen LogP) is 3.33. The first-order chi connectivity index (χ1) is 7.20. The third-order valence-electron chi connectivity index (χ3n) is 2.00. The zero-order valence-corrected chi connectivity index (χ0v) is 14.0. The Morgan fingerprint density at radius 3 is 2.25 bits per heavy atom. The highest BCUT2D eigenvalue weighted by molar-refractivity contribution is 9.10. The van der Waals surface area contributed by atoms with E-state index in [0.29, 0.717) is 10.2 Å². The van der Waals surface area contributed by atoms with Crippen molar-refractivity contribution >= 4 is 38.2 Å². The van der Waals surface area contributed by atoms with Gasteiger partial charge in [0, 0.05) is 6.07 Å². The molecule has 16 heavy (non-hydrogen) atoms. The molecule has 0 aliphatic carbocycles. The van der Waals surface area contributed by atoms with E-state index in [0.717, 1.165) is 10.9 Å². The standard InChI is InChI=1S/C11H17BrO2Si2/c1-15(2)11-7-9(13)8(12)6-10(11)14-16(3,4)5/h6-7H,1-5H3/p+1. The molecule has 88 valence electrons. The summed E-state index contributed by atoms with van der Waals surface area (Å²) in [4.78, 5) is 0.